The van der Waals surface area contributed by atoms with Crippen LogP contribution in [0.15, 0.2) is 41.5 Å². The van der Waals surface area contributed by atoms with Crippen LogP contribution in [0.5, 0.6) is 0 Å². The van der Waals surface area contributed by atoms with Crippen LogP contribution in [0.4, 0.5) is 5.95 Å². The van der Waals surface area contributed by atoms with Gasteiger partial charge < -0.3 is 16.0 Å². The number of aliphatic imine (C=N–C) groups is 1. The molecule has 0 saturated heterocycles. The number of anilines is 1. The second-order valence-electron chi connectivity index (χ2n) is 3.52. The average Bonchev–Trinajstić information content (AvgIpc) is 2.48. The standard InChI is InChI=1S/C14H12N5.W.Y/c1-16-14-17-8-7-12(19-14)9-13(18-10-15)11-5-3-2-4-6-11;;/h2-3,5-8H,1H3,(H2,15,18)(H,16,17,19);;/q-3;+2;. The molecule has 2 rings (SSSR count). The second-order valence-corrected chi connectivity index (χ2v) is 3.52. The molecule has 0 aliphatic heterocycles. The summed E-state index contributed by atoms with van der Waals surface area (Å²) in [6.07, 6.45) is 6.98. The Kier molecular flexibility index (Phi) is 10.3. The summed E-state index contributed by atoms with van der Waals surface area (Å²) in [5.74, 6) is 0.518. The van der Waals surface area contributed by atoms with Crippen LogP contribution in [0.1, 0.15) is 11.3 Å². The van der Waals surface area contributed by atoms with Gasteiger partial charge in [-0.1, -0.05) is 12.0 Å². The van der Waals surface area contributed by atoms with Crippen LogP contribution < -0.4 is 11.1 Å². The molecule has 0 unspecified atom stereocenters. The summed E-state index contributed by atoms with van der Waals surface area (Å²) in [5, 5.41) is 2.86. The third-order valence-corrected chi connectivity index (χ3v) is 2.28. The first kappa shape index (κ1) is 20.1. The van der Waals surface area contributed by atoms with Crippen molar-refractivity contribution < 1.29 is 53.8 Å². The molecule has 3 N–H and O–H groups in total. The van der Waals surface area contributed by atoms with Crippen molar-refractivity contribution in [2.75, 3.05) is 12.4 Å². The molecule has 21 heavy (non-hydrogen) atoms. The Morgan fingerprint density at radius 2 is 2.24 bits per heavy atom. The molecule has 0 bridgehead atoms. The normalized spacial score (nSPS) is 10.6. The van der Waals surface area contributed by atoms with Crippen LogP contribution in [0.2, 0.25) is 0 Å². The Hall–Kier alpha value is -0.898. The van der Waals surface area contributed by atoms with Crippen LogP contribution in [0, 0.1) is 12.1 Å². The molecular formula is C14H12N5WY-. The molecule has 0 spiro atoms. The van der Waals surface area contributed by atoms with Crippen molar-refractivity contribution in [3.63, 3.8) is 0 Å². The van der Waals surface area contributed by atoms with Gasteiger partial charge in [0, 0.05) is 39.8 Å². The van der Waals surface area contributed by atoms with Gasteiger partial charge in [-0.3, -0.25) is 0 Å². The fourth-order valence-electron chi connectivity index (χ4n) is 1.44. The SMILES string of the molecule is CNc1nccc([C-]=C(N=[C-]N)c2c[c-]ccc2)n1.[W+2].[Y]. The number of rotatable bonds is 4. The van der Waals surface area contributed by atoms with E-state index in [-0.39, 0.29) is 53.8 Å². The topological polar surface area (TPSA) is 76.2 Å². The number of nitrogens with zero attached hydrogens (tertiary/aromatic N) is 3. The van der Waals surface area contributed by atoms with Crippen LogP contribution in [0.25, 0.3) is 5.70 Å². The van der Waals surface area contributed by atoms with Gasteiger partial charge in [0.15, 0.2) is 0 Å². The van der Waals surface area contributed by atoms with E-state index in [0.29, 0.717) is 17.3 Å². The van der Waals surface area contributed by atoms with E-state index in [0.717, 1.165) is 5.56 Å². The fourth-order valence-corrected chi connectivity index (χ4v) is 1.44. The maximum absolute atomic E-state index is 5.24. The van der Waals surface area contributed by atoms with E-state index in [2.05, 4.69) is 38.8 Å². The Morgan fingerprint density at radius 3 is 2.86 bits per heavy atom. The van der Waals surface area contributed by atoms with Crippen molar-refractivity contribution in [2.45, 2.75) is 0 Å². The molecule has 1 aromatic heterocycles. The summed E-state index contributed by atoms with van der Waals surface area (Å²) in [5.41, 5.74) is 7.23. The molecule has 0 fully saturated rings. The molecule has 7 heteroatoms. The van der Waals surface area contributed by atoms with E-state index in [1.807, 2.05) is 12.1 Å². The van der Waals surface area contributed by atoms with E-state index in [1.165, 1.54) is 0 Å². The average molecular weight is 523 g/mol. The summed E-state index contributed by atoms with van der Waals surface area (Å²) in [6.45, 7) is 0. The van der Waals surface area contributed by atoms with E-state index in [9.17, 15) is 0 Å². The van der Waals surface area contributed by atoms with Gasteiger partial charge in [0.05, 0.1) is 0 Å². The van der Waals surface area contributed by atoms with Crippen molar-refractivity contribution in [3.8, 4) is 0 Å². The molecular weight excluding hydrogens is 511 g/mol. The third kappa shape index (κ3) is 6.17. The van der Waals surface area contributed by atoms with E-state index >= 15 is 0 Å². The van der Waals surface area contributed by atoms with Crippen molar-refractivity contribution >= 4 is 18.0 Å². The summed E-state index contributed by atoms with van der Waals surface area (Å²) >= 11 is 0. The van der Waals surface area contributed by atoms with E-state index < -0.39 is 0 Å². The molecule has 5 nitrogen and oxygen atoms in total. The number of benzene rings is 1. The fraction of sp³-hybridized carbons (Fsp3) is 0.0714. The first-order valence-corrected chi connectivity index (χ1v) is 5.61. The van der Waals surface area contributed by atoms with Gasteiger partial charge in [-0.15, -0.1) is 6.07 Å². The van der Waals surface area contributed by atoms with Crippen molar-refractivity contribution in [3.05, 3.63) is 59.9 Å². The second kappa shape index (κ2) is 10.8. The number of hydrogen-bond acceptors (Lipinski definition) is 4. The third-order valence-electron chi connectivity index (χ3n) is 2.28. The maximum Gasteiger partial charge on any atom is 2.00 e. The molecule has 0 atom stereocenters. The summed E-state index contributed by atoms with van der Waals surface area (Å²) in [6, 6.07) is 12.1. The van der Waals surface area contributed by atoms with E-state index in [1.54, 1.807) is 31.4 Å². The first-order valence-electron chi connectivity index (χ1n) is 5.61. The van der Waals surface area contributed by atoms with Crippen LogP contribution in [-0.4, -0.2) is 23.4 Å². The quantitative estimate of drug-likeness (QED) is 0.275. The zero-order valence-electron chi connectivity index (χ0n) is 11.4. The first-order chi connectivity index (χ1) is 9.33. The molecule has 0 aliphatic rings. The van der Waals surface area contributed by atoms with E-state index in [4.69, 9.17) is 5.73 Å². The Bertz CT molecular complexity index is 601. The van der Waals surface area contributed by atoms with Gasteiger partial charge in [0.25, 0.3) is 0 Å². The molecule has 0 amide bonds. The predicted molar refractivity (Wildman–Crippen MR) is 74.2 cm³/mol. The number of nitrogens with one attached hydrogen (secondary N) is 1. The number of hydrogen-bond donors (Lipinski definition) is 2. The van der Waals surface area contributed by atoms with Crippen molar-refractivity contribution in [2.24, 2.45) is 10.7 Å². The molecule has 0 aliphatic carbocycles. The van der Waals surface area contributed by atoms with Crippen LogP contribution in [-0.2, 0) is 53.8 Å². The van der Waals surface area contributed by atoms with Crippen LogP contribution >= 0.6 is 0 Å². The Labute approximate surface area is 163 Å². The minimum absolute atomic E-state index is 0. The van der Waals surface area contributed by atoms with Crippen molar-refractivity contribution in [1.29, 1.82) is 0 Å². The summed E-state index contributed by atoms with van der Waals surface area (Å²) < 4.78 is 0. The van der Waals surface area contributed by atoms with Gasteiger partial charge in [0.2, 0.25) is 5.95 Å². The number of aromatic nitrogens is 2. The molecule has 2 aromatic rings. The van der Waals surface area contributed by atoms with Gasteiger partial charge in [0.1, 0.15) is 0 Å². The smallest absolute Gasteiger partial charge is 0.473 e. The monoisotopic (exact) mass is 523 g/mol. The molecule has 1 aromatic carbocycles. The Morgan fingerprint density at radius 1 is 1.43 bits per heavy atom. The number of nitrogens with two attached hydrogens (primary N) is 1. The minimum atomic E-state index is 0. The van der Waals surface area contributed by atoms with Gasteiger partial charge in [-0.25, -0.2) is 21.6 Å². The summed E-state index contributed by atoms with van der Waals surface area (Å²) in [4.78, 5) is 12.3. The zero-order chi connectivity index (χ0) is 13.5. The molecule has 1 heterocycles. The van der Waals surface area contributed by atoms with Crippen LogP contribution in [0.3, 0.4) is 0 Å². The molecule has 0 saturated carbocycles. The molecule has 103 valence electrons. The van der Waals surface area contributed by atoms with Gasteiger partial charge in [-0.05, 0) is 6.20 Å². The maximum atomic E-state index is 5.24. The zero-order valence-corrected chi connectivity index (χ0v) is 17.1. The van der Waals surface area contributed by atoms with Crippen molar-refractivity contribution in [1.82, 2.24) is 9.97 Å². The van der Waals surface area contributed by atoms with Gasteiger partial charge in [-0.2, -0.15) is 36.0 Å². The van der Waals surface area contributed by atoms with Gasteiger partial charge >= 0.3 is 21.1 Å². The molecule has 1 radical (unpaired) electrons. The predicted octanol–water partition coefficient (Wildman–Crippen LogP) is 1.37. The largest absolute Gasteiger partial charge is 2.00 e. The minimum Gasteiger partial charge on any atom is -0.473 e. The summed E-state index contributed by atoms with van der Waals surface area (Å²) in [7, 11) is 1.75. The Balaban J connectivity index is 0.00000200.